The van der Waals surface area contributed by atoms with Crippen molar-refractivity contribution in [2.75, 3.05) is 18.0 Å². The molecule has 5 heteroatoms. The number of hydrogen-bond donors (Lipinski definition) is 1. The third kappa shape index (κ3) is 2.66. The van der Waals surface area contributed by atoms with E-state index in [2.05, 4.69) is 15.5 Å². The number of nitrogens with zero attached hydrogens (tertiary/aromatic N) is 3. The molecule has 0 atom stereocenters. The molecule has 3 rings (SSSR count). The lowest BCUT2D eigenvalue weighted by molar-refractivity contribution is 0.252. The SMILES string of the molecule is O=C1NCCN1c1ccc(N=Nc2ccccc2)cc1. The molecule has 2 aromatic carbocycles. The molecule has 20 heavy (non-hydrogen) atoms. The third-order valence-electron chi connectivity index (χ3n) is 3.06. The molecule has 5 nitrogen and oxygen atoms in total. The lowest BCUT2D eigenvalue weighted by Crippen LogP contribution is -2.27. The normalized spacial score (nSPS) is 14.8. The van der Waals surface area contributed by atoms with Crippen LogP contribution in [0.1, 0.15) is 0 Å². The second-order valence-electron chi connectivity index (χ2n) is 4.44. The Labute approximate surface area is 116 Å². The van der Waals surface area contributed by atoms with Gasteiger partial charge in [0.1, 0.15) is 0 Å². The third-order valence-corrected chi connectivity index (χ3v) is 3.06. The van der Waals surface area contributed by atoms with E-state index in [0.29, 0.717) is 13.1 Å². The van der Waals surface area contributed by atoms with E-state index in [1.165, 1.54) is 0 Å². The second kappa shape index (κ2) is 5.52. The van der Waals surface area contributed by atoms with Crippen LogP contribution in [-0.2, 0) is 0 Å². The van der Waals surface area contributed by atoms with Crippen molar-refractivity contribution in [2.45, 2.75) is 0 Å². The molecule has 0 unspecified atom stereocenters. The lowest BCUT2D eigenvalue weighted by atomic mass is 10.2. The Hall–Kier alpha value is -2.69. The van der Waals surface area contributed by atoms with Crippen LogP contribution < -0.4 is 10.2 Å². The molecule has 1 fully saturated rings. The number of hydrogen-bond acceptors (Lipinski definition) is 3. The predicted octanol–water partition coefficient (Wildman–Crippen LogP) is 3.63. The average molecular weight is 266 g/mol. The van der Waals surface area contributed by atoms with Crippen LogP contribution >= 0.6 is 0 Å². The Morgan fingerprint density at radius 3 is 2.15 bits per heavy atom. The zero-order chi connectivity index (χ0) is 13.8. The van der Waals surface area contributed by atoms with Gasteiger partial charge in [-0.05, 0) is 36.4 Å². The van der Waals surface area contributed by atoms with E-state index in [0.717, 1.165) is 17.1 Å². The minimum atomic E-state index is -0.0522. The van der Waals surface area contributed by atoms with E-state index < -0.39 is 0 Å². The van der Waals surface area contributed by atoms with Crippen molar-refractivity contribution in [3.8, 4) is 0 Å². The fraction of sp³-hybridized carbons (Fsp3) is 0.133. The van der Waals surface area contributed by atoms with Crippen LogP contribution in [0.2, 0.25) is 0 Å². The highest BCUT2D eigenvalue weighted by Gasteiger charge is 2.20. The Morgan fingerprint density at radius 2 is 1.55 bits per heavy atom. The average Bonchev–Trinajstić information content (AvgIpc) is 2.93. The molecule has 0 aromatic heterocycles. The second-order valence-corrected chi connectivity index (χ2v) is 4.44. The summed E-state index contributed by atoms with van der Waals surface area (Å²) in [7, 11) is 0. The van der Waals surface area contributed by atoms with Gasteiger partial charge in [0.05, 0.1) is 11.4 Å². The standard InChI is InChI=1S/C15H14N4O/c20-15-16-10-11-19(15)14-8-6-13(7-9-14)18-17-12-4-2-1-3-5-12/h1-9H,10-11H2,(H,16,20). The van der Waals surface area contributed by atoms with E-state index in [9.17, 15) is 4.79 Å². The summed E-state index contributed by atoms with van der Waals surface area (Å²) < 4.78 is 0. The van der Waals surface area contributed by atoms with Gasteiger partial charge in [-0.15, -0.1) is 0 Å². The van der Waals surface area contributed by atoms with Gasteiger partial charge in [-0.3, -0.25) is 4.90 Å². The van der Waals surface area contributed by atoms with Crippen LogP contribution in [0, 0.1) is 0 Å². The Morgan fingerprint density at radius 1 is 0.900 bits per heavy atom. The first kappa shape index (κ1) is 12.3. The topological polar surface area (TPSA) is 57.1 Å². The minimum Gasteiger partial charge on any atom is -0.336 e. The van der Waals surface area contributed by atoms with Gasteiger partial charge in [-0.25, -0.2) is 4.79 Å². The number of nitrogens with one attached hydrogen (secondary N) is 1. The van der Waals surface area contributed by atoms with Crippen molar-refractivity contribution < 1.29 is 4.79 Å². The zero-order valence-electron chi connectivity index (χ0n) is 10.9. The molecule has 1 saturated heterocycles. The van der Waals surface area contributed by atoms with Crippen LogP contribution in [0.15, 0.2) is 64.8 Å². The highest BCUT2D eigenvalue weighted by Crippen LogP contribution is 2.22. The van der Waals surface area contributed by atoms with E-state index in [-0.39, 0.29) is 6.03 Å². The summed E-state index contributed by atoms with van der Waals surface area (Å²) in [6, 6.07) is 17.0. The largest absolute Gasteiger partial charge is 0.336 e. The van der Waals surface area contributed by atoms with Crippen molar-refractivity contribution >= 4 is 23.1 Å². The lowest BCUT2D eigenvalue weighted by Gasteiger charge is -2.13. The summed E-state index contributed by atoms with van der Waals surface area (Å²) in [6.07, 6.45) is 0. The fourth-order valence-electron chi connectivity index (χ4n) is 2.03. The first-order chi connectivity index (χ1) is 9.83. The molecule has 2 amide bonds. The van der Waals surface area contributed by atoms with Gasteiger partial charge in [0, 0.05) is 18.8 Å². The Balaban J connectivity index is 1.73. The molecule has 0 bridgehead atoms. The van der Waals surface area contributed by atoms with Crippen molar-refractivity contribution in [1.29, 1.82) is 0 Å². The van der Waals surface area contributed by atoms with Crippen LogP contribution in [-0.4, -0.2) is 19.1 Å². The monoisotopic (exact) mass is 266 g/mol. The van der Waals surface area contributed by atoms with Crippen molar-refractivity contribution in [2.24, 2.45) is 10.2 Å². The van der Waals surface area contributed by atoms with Crippen LogP contribution in [0.25, 0.3) is 0 Å². The molecule has 0 saturated carbocycles. The summed E-state index contributed by atoms with van der Waals surface area (Å²) in [5.41, 5.74) is 2.45. The maximum Gasteiger partial charge on any atom is 0.321 e. The van der Waals surface area contributed by atoms with Gasteiger partial charge in [0.2, 0.25) is 0 Å². The molecule has 1 heterocycles. The number of carbonyl (C=O) groups is 1. The number of carbonyl (C=O) groups excluding carboxylic acids is 1. The van der Waals surface area contributed by atoms with Gasteiger partial charge in [0.25, 0.3) is 0 Å². The molecule has 2 aromatic rings. The number of benzene rings is 2. The smallest absolute Gasteiger partial charge is 0.321 e. The summed E-state index contributed by atoms with van der Waals surface area (Å²) >= 11 is 0. The van der Waals surface area contributed by atoms with Crippen LogP contribution in [0.5, 0.6) is 0 Å². The highest BCUT2D eigenvalue weighted by atomic mass is 16.2. The number of urea groups is 1. The van der Waals surface area contributed by atoms with Crippen LogP contribution in [0.3, 0.4) is 0 Å². The summed E-state index contributed by atoms with van der Waals surface area (Å²) in [6.45, 7) is 1.39. The number of amides is 2. The summed E-state index contributed by atoms with van der Waals surface area (Å²) in [5.74, 6) is 0. The van der Waals surface area contributed by atoms with Gasteiger partial charge in [-0.1, -0.05) is 18.2 Å². The van der Waals surface area contributed by atoms with Gasteiger partial charge in [-0.2, -0.15) is 10.2 Å². The van der Waals surface area contributed by atoms with Gasteiger partial charge in [0.15, 0.2) is 0 Å². The van der Waals surface area contributed by atoms with Gasteiger partial charge >= 0.3 is 6.03 Å². The molecule has 1 N–H and O–H groups in total. The molecule has 0 aliphatic carbocycles. The van der Waals surface area contributed by atoms with E-state index >= 15 is 0 Å². The highest BCUT2D eigenvalue weighted by molar-refractivity contribution is 5.94. The molecule has 0 spiro atoms. The van der Waals surface area contributed by atoms with Crippen molar-refractivity contribution in [1.82, 2.24) is 5.32 Å². The molecular formula is C15H14N4O. The maximum atomic E-state index is 11.5. The molecule has 1 aliphatic heterocycles. The number of anilines is 1. The van der Waals surface area contributed by atoms with Crippen LogP contribution in [0.4, 0.5) is 21.9 Å². The first-order valence-electron chi connectivity index (χ1n) is 6.45. The molecular weight excluding hydrogens is 252 g/mol. The number of rotatable bonds is 3. The van der Waals surface area contributed by atoms with Crippen molar-refractivity contribution in [3.05, 3.63) is 54.6 Å². The summed E-state index contributed by atoms with van der Waals surface area (Å²) in [5, 5.41) is 11.1. The number of azo groups is 1. The maximum absolute atomic E-state index is 11.5. The first-order valence-corrected chi connectivity index (χ1v) is 6.45. The fourth-order valence-corrected chi connectivity index (χ4v) is 2.03. The Kier molecular flexibility index (Phi) is 3.41. The van der Waals surface area contributed by atoms with Gasteiger partial charge < -0.3 is 5.32 Å². The quantitative estimate of drug-likeness (QED) is 0.847. The molecule has 1 aliphatic rings. The van der Waals surface area contributed by atoms with E-state index in [1.54, 1.807) is 4.90 Å². The Bertz CT molecular complexity index is 622. The molecule has 100 valence electrons. The zero-order valence-corrected chi connectivity index (χ0v) is 10.9. The molecule has 0 radical (unpaired) electrons. The van der Waals surface area contributed by atoms with E-state index in [1.807, 2.05) is 54.6 Å². The minimum absolute atomic E-state index is 0.0522. The predicted molar refractivity (Wildman–Crippen MR) is 77.8 cm³/mol. The summed E-state index contributed by atoms with van der Waals surface area (Å²) in [4.78, 5) is 13.2. The van der Waals surface area contributed by atoms with Crippen molar-refractivity contribution in [3.63, 3.8) is 0 Å². The van der Waals surface area contributed by atoms with E-state index in [4.69, 9.17) is 0 Å².